The van der Waals surface area contributed by atoms with Crippen molar-refractivity contribution in [1.82, 2.24) is 24.8 Å². The summed E-state index contributed by atoms with van der Waals surface area (Å²) in [6.07, 6.45) is 5.69. The topological polar surface area (TPSA) is 79.6 Å². The first-order chi connectivity index (χ1) is 20.3. The number of aromatic nitrogens is 3. The van der Waals surface area contributed by atoms with Gasteiger partial charge in [-0.15, -0.1) is 0 Å². The van der Waals surface area contributed by atoms with Gasteiger partial charge in [0.1, 0.15) is 11.5 Å². The molecule has 3 aliphatic carbocycles. The first kappa shape index (κ1) is 25.6. The fraction of sp³-hybridized carbons (Fsp3) is 0.412. The highest BCUT2D eigenvalue weighted by molar-refractivity contribution is 5.93. The van der Waals surface area contributed by atoms with Gasteiger partial charge in [-0.2, -0.15) is 5.10 Å². The number of fused-ring (bicyclic) bond motifs is 2. The second-order valence-corrected chi connectivity index (χ2v) is 13.0. The summed E-state index contributed by atoms with van der Waals surface area (Å²) in [5.41, 5.74) is 6.08. The molecule has 3 fully saturated rings. The van der Waals surface area contributed by atoms with Crippen molar-refractivity contribution < 1.29 is 14.0 Å². The van der Waals surface area contributed by atoms with Crippen LogP contribution in [0.15, 0.2) is 54.6 Å². The molecule has 3 saturated carbocycles. The summed E-state index contributed by atoms with van der Waals surface area (Å²) in [5.74, 6) is -0.0768. The molecule has 3 atom stereocenters. The molecule has 4 aromatic rings. The van der Waals surface area contributed by atoms with Crippen molar-refractivity contribution in [3.8, 4) is 11.3 Å². The summed E-state index contributed by atoms with van der Waals surface area (Å²) in [6.45, 7) is 4.79. The van der Waals surface area contributed by atoms with Crippen LogP contribution in [0.4, 0.5) is 4.39 Å². The molecule has 3 heterocycles. The van der Waals surface area contributed by atoms with Crippen LogP contribution in [0.2, 0.25) is 0 Å². The molecule has 0 spiro atoms. The molecule has 4 aliphatic rings. The van der Waals surface area contributed by atoms with Gasteiger partial charge in [-0.1, -0.05) is 30.3 Å². The van der Waals surface area contributed by atoms with Crippen LogP contribution in [0.3, 0.4) is 0 Å². The number of hydrogen-bond donors (Lipinski definition) is 1. The van der Waals surface area contributed by atoms with Gasteiger partial charge in [0.25, 0.3) is 5.91 Å². The lowest BCUT2D eigenvalue weighted by atomic mass is 9.93. The quantitative estimate of drug-likeness (QED) is 0.315. The largest absolute Gasteiger partial charge is 0.351 e. The Labute approximate surface area is 244 Å². The molecular weight excluding hydrogens is 529 g/mol. The summed E-state index contributed by atoms with van der Waals surface area (Å²) >= 11 is 0. The van der Waals surface area contributed by atoms with E-state index >= 15 is 4.39 Å². The molecule has 0 bridgehead atoms. The summed E-state index contributed by atoms with van der Waals surface area (Å²) in [4.78, 5) is 33.1. The third-order valence-electron chi connectivity index (χ3n) is 9.77. The SMILES string of the molecule is C[C@@H]1c2ccccc2CCN1C(=O)c1cc(C2CC2)n2nc(-c3ccc([C@H]4C[C@@H]4C(=O)NC4(C)CC4)cc3F)cc2n1. The number of rotatable bonds is 6. The third-order valence-corrected chi connectivity index (χ3v) is 9.77. The van der Waals surface area contributed by atoms with Crippen LogP contribution in [0.25, 0.3) is 16.9 Å². The molecule has 2 aromatic carbocycles. The monoisotopic (exact) mass is 563 g/mol. The lowest BCUT2D eigenvalue weighted by molar-refractivity contribution is -0.123. The molecule has 8 rings (SSSR count). The van der Waals surface area contributed by atoms with Gasteiger partial charge in [0.2, 0.25) is 5.91 Å². The molecule has 214 valence electrons. The van der Waals surface area contributed by atoms with E-state index in [0.717, 1.165) is 49.8 Å². The van der Waals surface area contributed by atoms with Crippen LogP contribution in [-0.2, 0) is 11.2 Å². The van der Waals surface area contributed by atoms with Crippen molar-refractivity contribution in [2.45, 2.75) is 75.8 Å². The maximum absolute atomic E-state index is 15.5. The van der Waals surface area contributed by atoms with Crippen LogP contribution in [0.1, 0.15) is 96.7 Å². The Hall–Kier alpha value is -4.07. The van der Waals surface area contributed by atoms with E-state index in [9.17, 15) is 9.59 Å². The molecule has 2 aromatic heterocycles. The number of carbonyl (C=O) groups is 2. The summed E-state index contributed by atoms with van der Waals surface area (Å²) in [6, 6.07) is 17.2. The number of benzene rings is 2. The molecule has 8 heteroatoms. The number of nitrogens with one attached hydrogen (secondary N) is 1. The molecule has 0 unspecified atom stereocenters. The number of hydrogen-bond acceptors (Lipinski definition) is 4. The van der Waals surface area contributed by atoms with Crippen molar-refractivity contribution in [3.63, 3.8) is 0 Å². The van der Waals surface area contributed by atoms with E-state index in [1.807, 2.05) is 29.2 Å². The fourth-order valence-corrected chi connectivity index (χ4v) is 6.63. The highest BCUT2D eigenvalue weighted by atomic mass is 19.1. The van der Waals surface area contributed by atoms with Gasteiger partial charge in [-0.25, -0.2) is 13.9 Å². The predicted molar refractivity (Wildman–Crippen MR) is 157 cm³/mol. The van der Waals surface area contributed by atoms with Crippen molar-refractivity contribution in [2.24, 2.45) is 5.92 Å². The minimum atomic E-state index is -0.360. The van der Waals surface area contributed by atoms with E-state index in [1.165, 1.54) is 11.1 Å². The van der Waals surface area contributed by atoms with Crippen LogP contribution >= 0.6 is 0 Å². The van der Waals surface area contributed by atoms with Crippen molar-refractivity contribution >= 4 is 17.5 Å². The minimum Gasteiger partial charge on any atom is -0.351 e. The van der Waals surface area contributed by atoms with Gasteiger partial charge >= 0.3 is 0 Å². The number of nitrogens with zero attached hydrogens (tertiary/aromatic N) is 4. The Morgan fingerprint density at radius 3 is 2.64 bits per heavy atom. The Bertz CT molecular complexity index is 1770. The zero-order valence-electron chi connectivity index (χ0n) is 23.9. The number of carbonyl (C=O) groups excluding carboxylic acids is 2. The van der Waals surface area contributed by atoms with Crippen LogP contribution in [-0.4, -0.2) is 43.4 Å². The normalized spacial score (nSPS) is 23.9. The van der Waals surface area contributed by atoms with Crippen LogP contribution in [0, 0.1) is 11.7 Å². The third kappa shape index (κ3) is 4.39. The van der Waals surface area contributed by atoms with E-state index in [2.05, 4.69) is 31.3 Å². The summed E-state index contributed by atoms with van der Waals surface area (Å²) < 4.78 is 17.3. The van der Waals surface area contributed by atoms with E-state index in [1.54, 1.807) is 22.7 Å². The van der Waals surface area contributed by atoms with Crippen molar-refractivity contribution in [2.75, 3.05) is 6.54 Å². The predicted octanol–water partition coefficient (Wildman–Crippen LogP) is 5.94. The molecule has 1 N–H and O–H groups in total. The maximum atomic E-state index is 15.5. The first-order valence-electron chi connectivity index (χ1n) is 15.2. The zero-order valence-corrected chi connectivity index (χ0v) is 23.9. The first-order valence-corrected chi connectivity index (χ1v) is 15.2. The Morgan fingerprint density at radius 2 is 1.88 bits per heavy atom. The molecular formula is C34H34FN5O2. The van der Waals surface area contributed by atoms with E-state index < -0.39 is 0 Å². The molecule has 0 saturated heterocycles. The van der Waals surface area contributed by atoms with E-state index in [-0.39, 0.29) is 41.0 Å². The smallest absolute Gasteiger partial charge is 0.273 e. The van der Waals surface area contributed by atoms with Gasteiger partial charge in [0.05, 0.1) is 11.7 Å². The maximum Gasteiger partial charge on any atom is 0.273 e. The molecule has 1 aliphatic heterocycles. The van der Waals surface area contributed by atoms with Gasteiger partial charge in [0, 0.05) is 41.2 Å². The van der Waals surface area contributed by atoms with Crippen LogP contribution in [0.5, 0.6) is 0 Å². The van der Waals surface area contributed by atoms with Gasteiger partial charge in [-0.3, -0.25) is 9.59 Å². The van der Waals surface area contributed by atoms with E-state index in [0.29, 0.717) is 35.1 Å². The standard InChI is InChI=1S/C34H34FN5O2/c1-19-23-6-4-3-5-20(23)11-14-39(19)33(42)29-17-30(21-7-8-21)40-31(36-29)18-28(38-40)24-10-9-22(15-27(24)35)25-16-26(25)32(41)37-34(2)12-13-34/h3-6,9-10,15,17-19,21,25-26H,7-8,11-14,16H2,1-2H3,(H,37,41)/t19-,25-,26+/m1/s1. The van der Waals surface area contributed by atoms with Crippen molar-refractivity contribution in [3.05, 3.63) is 88.5 Å². The van der Waals surface area contributed by atoms with Crippen LogP contribution < -0.4 is 5.32 Å². The summed E-state index contributed by atoms with van der Waals surface area (Å²) in [7, 11) is 0. The summed E-state index contributed by atoms with van der Waals surface area (Å²) in [5, 5.41) is 7.91. The van der Waals surface area contributed by atoms with Gasteiger partial charge in [0.15, 0.2) is 5.65 Å². The minimum absolute atomic E-state index is 0.0353. The Balaban J connectivity index is 1.07. The number of amides is 2. The second kappa shape index (κ2) is 9.21. The van der Waals surface area contributed by atoms with E-state index in [4.69, 9.17) is 10.1 Å². The molecule has 0 radical (unpaired) electrons. The molecule has 2 amide bonds. The van der Waals surface area contributed by atoms with Gasteiger partial charge in [-0.05, 0) is 93.2 Å². The lowest BCUT2D eigenvalue weighted by Crippen LogP contribution is -2.39. The molecule has 42 heavy (non-hydrogen) atoms. The van der Waals surface area contributed by atoms with Gasteiger partial charge < -0.3 is 10.2 Å². The average Bonchev–Trinajstić information content (AvgIpc) is 3.89. The Morgan fingerprint density at radius 1 is 1.07 bits per heavy atom. The van der Waals surface area contributed by atoms with Crippen molar-refractivity contribution in [1.29, 1.82) is 0 Å². The highest BCUT2D eigenvalue weighted by Crippen LogP contribution is 2.49. The average molecular weight is 564 g/mol. The highest BCUT2D eigenvalue weighted by Gasteiger charge is 2.48. The molecule has 7 nitrogen and oxygen atoms in total. The second-order valence-electron chi connectivity index (χ2n) is 13.0. The lowest BCUT2D eigenvalue weighted by Gasteiger charge is -2.35. The fourth-order valence-electron chi connectivity index (χ4n) is 6.63. The Kier molecular flexibility index (Phi) is 5.62. The zero-order chi connectivity index (χ0) is 28.7. The number of halogens is 1.